The van der Waals surface area contributed by atoms with Gasteiger partial charge in [-0.3, -0.25) is 19.8 Å². The molecule has 0 saturated carbocycles. The molecule has 1 saturated heterocycles. The van der Waals surface area contributed by atoms with E-state index in [4.69, 9.17) is 9.15 Å². The minimum atomic E-state index is -0.519. The third-order valence-corrected chi connectivity index (χ3v) is 4.96. The fourth-order valence-corrected chi connectivity index (χ4v) is 3.43. The van der Waals surface area contributed by atoms with Gasteiger partial charge in [-0.15, -0.1) is 0 Å². The maximum absolute atomic E-state index is 12.7. The fourth-order valence-electron chi connectivity index (χ4n) is 3.43. The van der Waals surface area contributed by atoms with Crippen LogP contribution < -0.4 is 10.1 Å². The topological polar surface area (TPSA) is 115 Å². The summed E-state index contributed by atoms with van der Waals surface area (Å²) in [5.74, 6) is 0.557. The van der Waals surface area contributed by atoms with E-state index in [1.165, 1.54) is 31.4 Å². The summed E-state index contributed by atoms with van der Waals surface area (Å²) in [6.07, 6.45) is 1.42. The molecule has 0 radical (unpaired) electrons. The number of nitro groups is 1. The summed E-state index contributed by atoms with van der Waals surface area (Å²) in [6, 6.07) is 14.4. The number of benzene rings is 2. The van der Waals surface area contributed by atoms with Crippen LogP contribution in [0.4, 0.5) is 10.5 Å². The Balaban J connectivity index is 1.58. The normalized spacial score (nSPS) is 14.7. The van der Waals surface area contributed by atoms with Gasteiger partial charge in [0.05, 0.1) is 24.1 Å². The van der Waals surface area contributed by atoms with Crippen molar-refractivity contribution in [3.63, 3.8) is 0 Å². The van der Waals surface area contributed by atoms with E-state index in [-0.39, 0.29) is 17.9 Å². The van der Waals surface area contributed by atoms with Gasteiger partial charge < -0.3 is 14.5 Å². The van der Waals surface area contributed by atoms with Crippen molar-refractivity contribution in [2.45, 2.75) is 13.5 Å². The Morgan fingerprint density at radius 2 is 1.97 bits per heavy atom. The first-order valence-corrected chi connectivity index (χ1v) is 9.68. The van der Waals surface area contributed by atoms with E-state index in [1.54, 1.807) is 12.1 Å². The summed E-state index contributed by atoms with van der Waals surface area (Å²) in [6.45, 7) is 2.09. The molecule has 2 heterocycles. The maximum atomic E-state index is 12.7. The van der Waals surface area contributed by atoms with E-state index in [0.29, 0.717) is 22.8 Å². The third-order valence-electron chi connectivity index (χ3n) is 4.96. The highest BCUT2D eigenvalue weighted by Gasteiger charge is 2.33. The van der Waals surface area contributed by atoms with Crippen LogP contribution in [0, 0.1) is 17.0 Å². The molecule has 4 rings (SSSR count). The molecular formula is C23H19N3O6. The number of carbonyl (C=O) groups is 2. The van der Waals surface area contributed by atoms with Crippen LogP contribution in [-0.4, -0.2) is 28.9 Å². The first-order valence-electron chi connectivity index (χ1n) is 9.68. The molecule has 9 heteroatoms. The maximum Gasteiger partial charge on any atom is 0.329 e. The summed E-state index contributed by atoms with van der Waals surface area (Å²) < 4.78 is 11.0. The van der Waals surface area contributed by atoms with Crippen molar-refractivity contribution >= 4 is 23.7 Å². The van der Waals surface area contributed by atoms with Crippen molar-refractivity contribution in [3.8, 4) is 17.1 Å². The van der Waals surface area contributed by atoms with Crippen molar-refractivity contribution in [2.24, 2.45) is 0 Å². The lowest BCUT2D eigenvalue weighted by Crippen LogP contribution is -2.30. The monoisotopic (exact) mass is 433 g/mol. The van der Waals surface area contributed by atoms with Gasteiger partial charge in [-0.2, -0.15) is 0 Å². The van der Waals surface area contributed by atoms with Gasteiger partial charge in [0, 0.05) is 18.2 Å². The highest BCUT2D eigenvalue weighted by atomic mass is 16.6. The lowest BCUT2D eigenvalue weighted by Gasteiger charge is -2.12. The number of furan rings is 1. The van der Waals surface area contributed by atoms with Gasteiger partial charge in [-0.05, 0) is 30.7 Å². The first kappa shape index (κ1) is 20.9. The lowest BCUT2D eigenvalue weighted by molar-refractivity contribution is -0.384. The van der Waals surface area contributed by atoms with E-state index in [9.17, 15) is 19.7 Å². The molecule has 0 bridgehead atoms. The van der Waals surface area contributed by atoms with E-state index in [2.05, 4.69) is 5.32 Å². The lowest BCUT2D eigenvalue weighted by atomic mass is 10.1. The standard InChI is InChI=1S/C23H19N3O6/c1-14-4-3-5-15(10-14)13-25-22(27)19(24-23(25)28)12-17-7-9-21(32-17)18-11-16(26(29)30)6-8-20(18)31-2/h3-12H,13H2,1-2H3,(H,24,28)/b19-12+. The zero-order valence-electron chi connectivity index (χ0n) is 17.3. The molecule has 3 aromatic rings. The predicted molar refractivity (Wildman–Crippen MR) is 116 cm³/mol. The number of amides is 3. The minimum Gasteiger partial charge on any atom is -0.496 e. The molecule has 1 N–H and O–H groups in total. The van der Waals surface area contributed by atoms with Gasteiger partial charge in [0.1, 0.15) is 23.0 Å². The summed E-state index contributed by atoms with van der Waals surface area (Å²) in [4.78, 5) is 36.8. The molecular weight excluding hydrogens is 414 g/mol. The van der Waals surface area contributed by atoms with Crippen molar-refractivity contribution in [1.29, 1.82) is 0 Å². The van der Waals surface area contributed by atoms with Crippen molar-refractivity contribution in [3.05, 3.63) is 87.3 Å². The van der Waals surface area contributed by atoms with Crippen LogP contribution in [0.2, 0.25) is 0 Å². The van der Waals surface area contributed by atoms with E-state index < -0.39 is 16.9 Å². The van der Waals surface area contributed by atoms with Gasteiger partial charge in [0.15, 0.2) is 0 Å². The molecule has 1 aliphatic rings. The van der Waals surface area contributed by atoms with Gasteiger partial charge in [0.2, 0.25) is 0 Å². The highest BCUT2D eigenvalue weighted by Crippen LogP contribution is 2.35. The molecule has 1 aromatic heterocycles. The second-order valence-electron chi connectivity index (χ2n) is 7.21. The summed E-state index contributed by atoms with van der Waals surface area (Å²) >= 11 is 0. The third kappa shape index (κ3) is 4.08. The Bertz CT molecular complexity index is 1260. The Kier molecular flexibility index (Phi) is 5.46. The average molecular weight is 433 g/mol. The molecule has 162 valence electrons. The predicted octanol–water partition coefficient (Wildman–Crippen LogP) is 4.26. The second-order valence-corrected chi connectivity index (χ2v) is 7.21. The van der Waals surface area contributed by atoms with Crippen molar-refractivity contribution in [1.82, 2.24) is 10.2 Å². The number of nitrogens with one attached hydrogen (secondary N) is 1. The molecule has 0 unspecified atom stereocenters. The van der Waals surface area contributed by atoms with E-state index in [1.807, 2.05) is 31.2 Å². The first-order chi connectivity index (χ1) is 15.4. The molecule has 1 aliphatic heterocycles. The highest BCUT2D eigenvalue weighted by molar-refractivity contribution is 6.13. The van der Waals surface area contributed by atoms with Gasteiger partial charge in [0.25, 0.3) is 11.6 Å². The zero-order valence-corrected chi connectivity index (χ0v) is 17.3. The van der Waals surface area contributed by atoms with Gasteiger partial charge in [-0.1, -0.05) is 29.8 Å². The number of aryl methyl sites for hydroxylation is 1. The summed E-state index contributed by atoms with van der Waals surface area (Å²) in [7, 11) is 1.45. The molecule has 3 amide bonds. The molecule has 1 fully saturated rings. The van der Waals surface area contributed by atoms with Crippen LogP contribution in [-0.2, 0) is 11.3 Å². The van der Waals surface area contributed by atoms with E-state index >= 15 is 0 Å². The Morgan fingerprint density at radius 1 is 1.16 bits per heavy atom. The van der Waals surface area contributed by atoms with Gasteiger partial charge in [-0.25, -0.2) is 4.79 Å². The molecule has 2 aromatic carbocycles. The minimum absolute atomic E-state index is 0.0783. The largest absolute Gasteiger partial charge is 0.496 e. The number of carbonyl (C=O) groups excluding carboxylic acids is 2. The zero-order chi connectivity index (χ0) is 22.8. The fraction of sp³-hybridized carbons (Fsp3) is 0.130. The summed E-state index contributed by atoms with van der Waals surface area (Å²) in [5.41, 5.74) is 2.24. The van der Waals surface area contributed by atoms with Crippen molar-refractivity contribution < 1.29 is 23.7 Å². The van der Waals surface area contributed by atoms with Crippen LogP contribution in [0.5, 0.6) is 5.75 Å². The van der Waals surface area contributed by atoms with Crippen molar-refractivity contribution in [2.75, 3.05) is 7.11 Å². The quantitative estimate of drug-likeness (QED) is 0.269. The van der Waals surface area contributed by atoms with Crippen LogP contribution in [0.1, 0.15) is 16.9 Å². The number of rotatable bonds is 6. The molecule has 0 spiro atoms. The Labute approximate surface area is 183 Å². The number of hydrogen-bond donors (Lipinski definition) is 1. The number of ether oxygens (including phenoxy) is 1. The van der Waals surface area contributed by atoms with Crippen LogP contribution in [0.25, 0.3) is 17.4 Å². The number of hydrogen-bond acceptors (Lipinski definition) is 6. The SMILES string of the molecule is COc1ccc([N+](=O)[O-])cc1-c1ccc(/C=C2/NC(=O)N(Cc3cccc(C)c3)C2=O)o1. The average Bonchev–Trinajstić information content (AvgIpc) is 3.33. The van der Waals surface area contributed by atoms with Crippen LogP contribution in [0.3, 0.4) is 0 Å². The van der Waals surface area contributed by atoms with Crippen LogP contribution >= 0.6 is 0 Å². The van der Waals surface area contributed by atoms with Gasteiger partial charge >= 0.3 is 6.03 Å². The number of imide groups is 1. The molecule has 9 nitrogen and oxygen atoms in total. The Hall–Kier alpha value is -4.40. The number of methoxy groups -OCH3 is 1. The Morgan fingerprint density at radius 3 is 2.69 bits per heavy atom. The second kappa shape index (κ2) is 8.38. The number of nitro benzene ring substituents is 1. The van der Waals surface area contributed by atoms with Crippen LogP contribution in [0.15, 0.2) is 64.7 Å². The van der Waals surface area contributed by atoms with E-state index in [0.717, 1.165) is 16.0 Å². The number of nitrogens with zero attached hydrogens (tertiary/aromatic N) is 2. The molecule has 32 heavy (non-hydrogen) atoms. The number of non-ortho nitro benzene ring substituents is 1. The summed E-state index contributed by atoms with van der Waals surface area (Å²) in [5, 5.41) is 13.7. The molecule has 0 aliphatic carbocycles. The molecule has 0 atom stereocenters. The smallest absolute Gasteiger partial charge is 0.329 e. The number of urea groups is 1.